The molecule has 0 fully saturated rings. The molecular formula is C14H21NO2. The van der Waals surface area contributed by atoms with Gasteiger partial charge in [0.25, 0.3) is 5.91 Å². The normalized spacial score (nSPS) is 12.2. The molecule has 1 amide bonds. The van der Waals surface area contributed by atoms with Crippen molar-refractivity contribution in [3.63, 3.8) is 0 Å². The highest BCUT2D eigenvalue weighted by molar-refractivity contribution is 5.77. The first-order valence-electron chi connectivity index (χ1n) is 6.05. The van der Waals surface area contributed by atoms with Crippen LogP contribution in [0.3, 0.4) is 0 Å². The molecule has 1 atom stereocenters. The predicted octanol–water partition coefficient (Wildman–Crippen LogP) is 2.62. The number of carbonyl (C=O) groups excluding carboxylic acids is 1. The Labute approximate surface area is 103 Å². The Bertz CT molecular complexity index is 335. The Balaban J connectivity index is 2.26. The van der Waals surface area contributed by atoms with Crippen molar-refractivity contribution in [3.05, 3.63) is 30.3 Å². The van der Waals surface area contributed by atoms with Crippen molar-refractivity contribution in [2.24, 2.45) is 5.92 Å². The zero-order valence-electron chi connectivity index (χ0n) is 10.8. The Morgan fingerprint density at radius 2 is 1.88 bits per heavy atom. The van der Waals surface area contributed by atoms with E-state index < -0.39 is 0 Å². The van der Waals surface area contributed by atoms with E-state index in [1.54, 1.807) is 0 Å². The summed E-state index contributed by atoms with van der Waals surface area (Å²) in [4.78, 5) is 11.6. The lowest BCUT2D eigenvalue weighted by atomic mass is 10.1. The summed E-state index contributed by atoms with van der Waals surface area (Å²) in [7, 11) is 0. The molecule has 1 N–H and O–H groups in total. The van der Waals surface area contributed by atoms with Gasteiger partial charge < -0.3 is 10.1 Å². The molecule has 3 nitrogen and oxygen atoms in total. The lowest BCUT2D eigenvalue weighted by Gasteiger charge is -2.16. The monoisotopic (exact) mass is 235 g/mol. The van der Waals surface area contributed by atoms with Crippen LogP contribution in [0.15, 0.2) is 30.3 Å². The first kappa shape index (κ1) is 13.6. The number of hydrogen-bond acceptors (Lipinski definition) is 2. The second kappa shape index (κ2) is 6.94. The van der Waals surface area contributed by atoms with Crippen molar-refractivity contribution in [1.82, 2.24) is 5.32 Å². The van der Waals surface area contributed by atoms with Gasteiger partial charge in [0, 0.05) is 6.04 Å². The summed E-state index contributed by atoms with van der Waals surface area (Å²) >= 11 is 0. The molecule has 0 aliphatic heterocycles. The predicted molar refractivity (Wildman–Crippen MR) is 69.0 cm³/mol. The van der Waals surface area contributed by atoms with Gasteiger partial charge in [0.15, 0.2) is 6.61 Å². The minimum atomic E-state index is -0.0676. The Hall–Kier alpha value is -1.51. The zero-order chi connectivity index (χ0) is 12.7. The number of carbonyl (C=O) groups is 1. The van der Waals surface area contributed by atoms with Gasteiger partial charge in [-0.2, -0.15) is 0 Å². The lowest BCUT2D eigenvalue weighted by Crippen LogP contribution is -2.36. The van der Waals surface area contributed by atoms with Gasteiger partial charge in [-0.15, -0.1) is 0 Å². The summed E-state index contributed by atoms with van der Waals surface area (Å²) in [5.41, 5.74) is 0. The smallest absolute Gasteiger partial charge is 0.258 e. The van der Waals surface area contributed by atoms with Crippen LogP contribution < -0.4 is 10.1 Å². The highest BCUT2D eigenvalue weighted by Gasteiger charge is 2.09. The molecule has 0 heterocycles. The van der Waals surface area contributed by atoms with Crippen LogP contribution >= 0.6 is 0 Å². The number of ether oxygens (including phenoxy) is 1. The maximum absolute atomic E-state index is 11.6. The van der Waals surface area contributed by atoms with Gasteiger partial charge in [-0.05, 0) is 31.4 Å². The molecule has 0 aliphatic carbocycles. The number of amides is 1. The number of nitrogens with one attached hydrogen (secondary N) is 1. The summed E-state index contributed by atoms with van der Waals surface area (Å²) in [5, 5.41) is 2.92. The van der Waals surface area contributed by atoms with Gasteiger partial charge in [-0.1, -0.05) is 32.0 Å². The van der Waals surface area contributed by atoms with E-state index in [1.165, 1.54) is 0 Å². The third-order valence-corrected chi connectivity index (χ3v) is 2.35. The third kappa shape index (κ3) is 5.95. The van der Waals surface area contributed by atoms with Crippen LogP contribution in [-0.2, 0) is 4.79 Å². The van der Waals surface area contributed by atoms with Crippen molar-refractivity contribution in [3.8, 4) is 5.75 Å². The van der Waals surface area contributed by atoms with Gasteiger partial charge in [0.2, 0.25) is 0 Å². The molecule has 0 spiro atoms. The van der Waals surface area contributed by atoms with E-state index >= 15 is 0 Å². The quantitative estimate of drug-likeness (QED) is 0.823. The van der Waals surface area contributed by atoms with Crippen LogP contribution in [0.2, 0.25) is 0 Å². The van der Waals surface area contributed by atoms with Crippen LogP contribution in [0.25, 0.3) is 0 Å². The van der Waals surface area contributed by atoms with Crippen molar-refractivity contribution >= 4 is 5.91 Å². The molecule has 1 aromatic rings. The van der Waals surface area contributed by atoms with Crippen molar-refractivity contribution in [1.29, 1.82) is 0 Å². The molecule has 0 radical (unpaired) electrons. The number of rotatable bonds is 6. The SMILES string of the molecule is CC(C)CC(C)NC(=O)COc1ccccc1. The minimum Gasteiger partial charge on any atom is -0.484 e. The fourth-order valence-corrected chi connectivity index (χ4v) is 1.75. The highest BCUT2D eigenvalue weighted by Crippen LogP contribution is 2.08. The molecular weight excluding hydrogens is 214 g/mol. The maximum Gasteiger partial charge on any atom is 0.258 e. The molecule has 0 aliphatic rings. The average Bonchev–Trinajstić information content (AvgIpc) is 2.26. The van der Waals surface area contributed by atoms with Gasteiger partial charge >= 0.3 is 0 Å². The van der Waals surface area contributed by atoms with E-state index in [9.17, 15) is 4.79 Å². The maximum atomic E-state index is 11.6. The zero-order valence-corrected chi connectivity index (χ0v) is 10.8. The van der Waals surface area contributed by atoms with Crippen LogP contribution in [0.5, 0.6) is 5.75 Å². The number of para-hydroxylation sites is 1. The second-order valence-electron chi connectivity index (χ2n) is 4.70. The fraction of sp³-hybridized carbons (Fsp3) is 0.500. The molecule has 94 valence electrons. The van der Waals surface area contributed by atoms with Gasteiger partial charge in [0.05, 0.1) is 0 Å². The van der Waals surface area contributed by atoms with E-state index in [-0.39, 0.29) is 18.6 Å². The van der Waals surface area contributed by atoms with Gasteiger partial charge in [0.1, 0.15) is 5.75 Å². The van der Waals surface area contributed by atoms with Crippen molar-refractivity contribution in [2.75, 3.05) is 6.61 Å². The summed E-state index contributed by atoms with van der Waals surface area (Å²) in [6, 6.07) is 9.55. The van der Waals surface area contributed by atoms with Gasteiger partial charge in [-0.3, -0.25) is 4.79 Å². The summed E-state index contributed by atoms with van der Waals surface area (Å²) in [5.74, 6) is 1.24. The molecule has 0 saturated carbocycles. The third-order valence-electron chi connectivity index (χ3n) is 2.35. The molecule has 0 bridgehead atoms. The summed E-state index contributed by atoms with van der Waals surface area (Å²) in [6.45, 7) is 6.37. The highest BCUT2D eigenvalue weighted by atomic mass is 16.5. The minimum absolute atomic E-state index is 0.0676. The Kier molecular flexibility index (Phi) is 5.53. The lowest BCUT2D eigenvalue weighted by molar-refractivity contribution is -0.123. The number of benzene rings is 1. The molecule has 1 unspecified atom stereocenters. The van der Waals surface area contributed by atoms with E-state index in [4.69, 9.17) is 4.74 Å². The van der Waals surface area contributed by atoms with Crippen molar-refractivity contribution < 1.29 is 9.53 Å². The second-order valence-corrected chi connectivity index (χ2v) is 4.70. The van der Waals surface area contributed by atoms with Crippen LogP contribution in [0.4, 0.5) is 0 Å². The topological polar surface area (TPSA) is 38.3 Å². The standard InChI is InChI=1S/C14H21NO2/c1-11(2)9-12(3)15-14(16)10-17-13-7-5-4-6-8-13/h4-8,11-12H,9-10H2,1-3H3,(H,15,16). The van der Waals surface area contributed by atoms with Gasteiger partial charge in [-0.25, -0.2) is 0 Å². The molecule has 1 aromatic carbocycles. The Morgan fingerprint density at radius 1 is 1.24 bits per heavy atom. The van der Waals surface area contributed by atoms with E-state index in [2.05, 4.69) is 19.2 Å². The van der Waals surface area contributed by atoms with Crippen LogP contribution in [-0.4, -0.2) is 18.6 Å². The largest absolute Gasteiger partial charge is 0.484 e. The summed E-state index contributed by atoms with van der Waals surface area (Å²) < 4.78 is 5.36. The fourth-order valence-electron chi connectivity index (χ4n) is 1.75. The first-order chi connectivity index (χ1) is 8.08. The van der Waals surface area contributed by atoms with Crippen LogP contribution in [0, 0.1) is 5.92 Å². The number of hydrogen-bond donors (Lipinski definition) is 1. The van der Waals surface area contributed by atoms with E-state index in [0.29, 0.717) is 5.92 Å². The van der Waals surface area contributed by atoms with E-state index in [0.717, 1.165) is 12.2 Å². The average molecular weight is 235 g/mol. The molecule has 1 rings (SSSR count). The molecule has 0 saturated heterocycles. The Morgan fingerprint density at radius 3 is 2.47 bits per heavy atom. The molecule has 17 heavy (non-hydrogen) atoms. The first-order valence-corrected chi connectivity index (χ1v) is 6.05. The molecule has 0 aromatic heterocycles. The van der Waals surface area contributed by atoms with E-state index in [1.807, 2.05) is 37.3 Å². The van der Waals surface area contributed by atoms with Crippen LogP contribution in [0.1, 0.15) is 27.2 Å². The molecule has 3 heteroatoms. The van der Waals surface area contributed by atoms with Crippen molar-refractivity contribution in [2.45, 2.75) is 33.2 Å². The summed E-state index contributed by atoms with van der Waals surface area (Å²) in [6.07, 6.45) is 0.983.